The highest BCUT2D eigenvalue weighted by Gasteiger charge is 2.26. The molecule has 190 valence electrons. The first-order chi connectivity index (χ1) is 18.1. The molecule has 3 aromatic heterocycles. The zero-order chi connectivity index (χ0) is 25.4. The molecule has 37 heavy (non-hydrogen) atoms. The van der Waals surface area contributed by atoms with Gasteiger partial charge in [-0.25, -0.2) is 0 Å². The van der Waals surface area contributed by atoms with E-state index in [-0.39, 0.29) is 6.01 Å². The Morgan fingerprint density at radius 1 is 1.14 bits per heavy atom. The zero-order valence-electron chi connectivity index (χ0n) is 20.6. The quantitative estimate of drug-likeness (QED) is 0.295. The Kier molecular flexibility index (Phi) is 6.32. The van der Waals surface area contributed by atoms with Crippen molar-refractivity contribution in [3.05, 3.63) is 46.7 Å². The molecule has 0 amide bonds. The number of hydrogen-bond donors (Lipinski definition) is 3. The van der Waals surface area contributed by atoms with Crippen molar-refractivity contribution in [3.63, 3.8) is 0 Å². The Bertz CT molecular complexity index is 1460. The molecule has 6 rings (SSSR count). The number of benzene rings is 1. The van der Waals surface area contributed by atoms with Crippen LogP contribution in [0.1, 0.15) is 36.6 Å². The minimum absolute atomic E-state index is 0.207. The van der Waals surface area contributed by atoms with Crippen molar-refractivity contribution in [3.8, 4) is 17.8 Å². The van der Waals surface area contributed by atoms with Crippen LogP contribution in [-0.4, -0.2) is 62.8 Å². The summed E-state index contributed by atoms with van der Waals surface area (Å²) in [6.07, 6.45) is 2.94. The number of nitrogens with zero attached hydrogens (tertiary/aromatic N) is 6. The number of H-pyrrole nitrogens is 2. The molecule has 1 aliphatic carbocycles. The Hall–Kier alpha value is -3.81. The Balaban J connectivity index is 1.28. The number of aryl methyl sites for hydroxylation is 1. The largest absolute Gasteiger partial charge is 0.423 e. The van der Waals surface area contributed by atoms with Gasteiger partial charge in [0.1, 0.15) is 17.4 Å². The van der Waals surface area contributed by atoms with E-state index in [0.29, 0.717) is 34.7 Å². The summed E-state index contributed by atoms with van der Waals surface area (Å²) < 4.78 is 6.15. The maximum Gasteiger partial charge on any atom is 0.325 e. The Labute approximate surface area is 219 Å². The maximum absolute atomic E-state index is 8.90. The van der Waals surface area contributed by atoms with E-state index in [1.807, 2.05) is 37.3 Å². The van der Waals surface area contributed by atoms with Crippen molar-refractivity contribution < 1.29 is 4.74 Å². The van der Waals surface area contributed by atoms with Crippen LogP contribution in [0.5, 0.6) is 11.8 Å². The number of fused-ring (bicyclic) bond motifs is 1. The Morgan fingerprint density at radius 3 is 2.76 bits per heavy atom. The lowest BCUT2D eigenvalue weighted by Crippen LogP contribution is -2.46. The van der Waals surface area contributed by atoms with Crippen LogP contribution in [-0.2, 0) is 0 Å². The average molecular weight is 518 g/mol. The van der Waals surface area contributed by atoms with Gasteiger partial charge in [0.2, 0.25) is 0 Å². The van der Waals surface area contributed by atoms with E-state index in [9.17, 15) is 0 Å². The number of rotatable bonds is 8. The first-order valence-electron chi connectivity index (χ1n) is 12.6. The van der Waals surface area contributed by atoms with Gasteiger partial charge in [0, 0.05) is 79.5 Å². The van der Waals surface area contributed by atoms with Gasteiger partial charge in [0.05, 0.1) is 11.1 Å². The van der Waals surface area contributed by atoms with Gasteiger partial charge in [0.15, 0.2) is 5.82 Å². The van der Waals surface area contributed by atoms with E-state index in [4.69, 9.17) is 26.6 Å². The second kappa shape index (κ2) is 9.92. The lowest BCUT2D eigenvalue weighted by atomic mass is 10.2. The first kappa shape index (κ1) is 23.6. The molecule has 1 aliphatic heterocycles. The molecule has 0 radical (unpaired) electrons. The third-order valence-electron chi connectivity index (χ3n) is 6.84. The van der Waals surface area contributed by atoms with Crippen LogP contribution < -0.4 is 15.0 Å². The third kappa shape index (κ3) is 5.19. The smallest absolute Gasteiger partial charge is 0.325 e. The second-order valence-electron chi connectivity index (χ2n) is 9.63. The fraction of sp³-hybridized carbons (Fsp3) is 0.385. The molecule has 11 heteroatoms. The van der Waals surface area contributed by atoms with E-state index in [2.05, 4.69) is 41.4 Å². The van der Waals surface area contributed by atoms with Crippen LogP contribution in [0, 0.1) is 18.3 Å². The SMILES string of the molecule is Cc1cc2c(Cl)c(Oc3nc(Nc4cc(C5CC5)[nH]n4)cc(N4CCN(CCC#N)CC4)n3)ccc2[nH]1. The van der Waals surface area contributed by atoms with Gasteiger partial charge in [-0.3, -0.25) is 10.00 Å². The predicted octanol–water partition coefficient (Wildman–Crippen LogP) is 5.09. The molecule has 4 heterocycles. The number of hydrogen-bond acceptors (Lipinski definition) is 8. The third-order valence-corrected chi connectivity index (χ3v) is 7.23. The van der Waals surface area contributed by atoms with Gasteiger partial charge in [-0.05, 0) is 38.0 Å². The minimum atomic E-state index is 0.207. The van der Waals surface area contributed by atoms with Crippen LogP contribution in [0.4, 0.5) is 17.5 Å². The van der Waals surface area contributed by atoms with Gasteiger partial charge >= 0.3 is 6.01 Å². The van der Waals surface area contributed by atoms with Gasteiger partial charge in [-0.15, -0.1) is 0 Å². The maximum atomic E-state index is 8.90. The molecule has 4 aromatic rings. The van der Waals surface area contributed by atoms with Crippen molar-refractivity contribution in [2.24, 2.45) is 0 Å². The van der Waals surface area contributed by atoms with E-state index in [0.717, 1.165) is 60.8 Å². The summed E-state index contributed by atoms with van der Waals surface area (Å²) in [4.78, 5) is 17.2. The molecule has 1 aromatic carbocycles. The van der Waals surface area contributed by atoms with Gasteiger partial charge in [-0.1, -0.05) is 11.6 Å². The van der Waals surface area contributed by atoms with E-state index < -0.39 is 0 Å². The molecule has 0 bridgehead atoms. The van der Waals surface area contributed by atoms with Crippen LogP contribution in [0.3, 0.4) is 0 Å². The topological polar surface area (TPSA) is 122 Å². The van der Waals surface area contributed by atoms with Gasteiger partial charge in [-0.2, -0.15) is 20.3 Å². The monoisotopic (exact) mass is 517 g/mol. The lowest BCUT2D eigenvalue weighted by Gasteiger charge is -2.35. The van der Waals surface area contributed by atoms with Gasteiger partial charge in [0.25, 0.3) is 0 Å². The minimum Gasteiger partial charge on any atom is -0.423 e. The van der Waals surface area contributed by atoms with Crippen molar-refractivity contribution in [1.29, 1.82) is 5.26 Å². The standard InChI is InChI=1S/C26H28ClN9O/c1-16-13-18-19(29-16)5-6-21(25(18)27)37-26-31-22(30-23-14-20(33-34-23)17-3-4-17)15-24(32-26)36-11-9-35(10-12-36)8-2-7-28/h5-6,13-15,17,29H,2-4,8-12H2,1H3,(H2,30,31,32,33,34). The molecule has 0 spiro atoms. The number of piperazine rings is 1. The number of aromatic nitrogens is 5. The number of anilines is 3. The van der Waals surface area contributed by atoms with E-state index in [1.165, 1.54) is 12.8 Å². The first-order valence-corrected chi connectivity index (χ1v) is 12.9. The van der Waals surface area contributed by atoms with Gasteiger partial charge < -0.3 is 19.9 Å². The van der Waals surface area contributed by atoms with Crippen LogP contribution in [0.15, 0.2) is 30.3 Å². The van der Waals surface area contributed by atoms with Crippen molar-refractivity contribution in [2.75, 3.05) is 42.9 Å². The summed E-state index contributed by atoms with van der Waals surface area (Å²) in [6, 6.07) is 12.2. The number of aromatic amines is 2. The van der Waals surface area contributed by atoms with Crippen molar-refractivity contribution in [1.82, 2.24) is 30.0 Å². The molecule has 10 nitrogen and oxygen atoms in total. The molecule has 2 fully saturated rings. The molecular weight excluding hydrogens is 490 g/mol. The normalized spacial score (nSPS) is 16.2. The van der Waals surface area contributed by atoms with E-state index in [1.54, 1.807) is 0 Å². The molecule has 1 saturated heterocycles. The highest BCUT2D eigenvalue weighted by Crippen LogP contribution is 2.40. The highest BCUT2D eigenvalue weighted by atomic mass is 35.5. The number of nitriles is 1. The molecule has 2 aliphatic rings. The lowest BCUT2D eigenvalue weighted by molar-refractivity contribution is 0.262. The molecular formula is C26H28ClN9O. The molecule has 1 saturated carbocycles. The molecule has 3 N–H and O–H groups in total. The molecule has 0 atom stereocenters. The average Bonchev–Trinajstić information content (AvgIpc) is 3.53. The second-order valence-corrected chi connectivity index (χ2v) is 10.0. The summed E-state index contributed by atoms with van der Waals surface area (Å²) in [6.45, 7) is 6.10. The van der Waals surface area contributed by atoms with Crippen LogP contribution in [0.25, 0.3) is 10.9 Å². The summed E-state index contributed by atoms with van der Waals surface area (Å²) in [5.74, 6) is 3.14. The number of halogens is 1. The fourth-order valence-electron chi connectivity index (χ4n) is 4.69. The fourth-order valence-corrected chi connectivity index (χ4v) is 4.95. The number of nitrogens with one attached hydrogen (secondary N) is 3. The molecule has 0 unspecified atom stereocenters. The predicted molar refractivity (Wildman–Crippen MR) is 143 cm³/mol. The van der Waals surface area contributed by atoms with E-state index >= 15 is 0 Å². The summed E-state index contributed by atoms with van der Waals surface area (Å²) >= 11 is 6.69. The summed E-state index contributed by atoms with van der Waals surface area (Å²) in [5.41, 5.74) is 3.12. The van der Waals surface area contributed by atoms with Crippen LogP contribution >= 0.6 is 11.6 Å². The summed E-state index contributed by atoms with van der Waals surface area (Å²) in [5, 5.41) is 21.1. The Morgan fingerprint density at radius 2 is 1.97 bits per heavy atom. The summed E-state index contributed by atoms with van der Waals surface area (Å²) in [7, 11) is 0. The zero-order valence-corrected chi connectivity index (χ0v) is 21.3. The van der Waals surface area contributed by atoms with Crippen molar-refractivity contribution >= 4 is 40.0 Å². The van der Waals surface area contributed by atoms with Crippen LogP contribution in [0.2, 0.25) is 5.02 Å². The highest BCUT2D eigenvalue weighted by molar-refractivity contribution is 6.37. The number of ether oxygens (including phenoxy) is 1. The van der Waals surface area contributed by atoms with Crippen molar-refractivity contribution in [2.45, 2.75) is 32.1 Å².